The molecule has 0 bridgehead atoms. The second kappa shape index (κ2) is 5.59. The molecule has 0 aromatic carbocycles. The Balaban J connectivity index is 5.06. The highest BCUT2D eigenvalue weighted by atomic mass is 32.2. The molecular weight excluding hydrogens is 279 g/mol. The smallest absolute Gasteiger partial charge is 0.266 e. The summed E-state index contributed by atoms with van der Waals surface area (Å²) in [5.74, 6) is 0. The third kappa shape index (κ3) is 6.59. The minimum Gasteiger partial charge on any atom is -0.325 e. The molecule has 0 rings (SSSR count). The highest BCUT2D eigenvalue weighted by Crippen LogP contribution is 2.36. The van der Waals surface area contributed by atoms with Crippen molar-refractivity contribution in [1.29, 1.82) is 0 Å². The van der Waals surface area contributed by atoms with E-state index in [0.717, 1.165) is 6.26 Å². The van der Waals surface area contributed by atoms with Crippen LogP contribution in [0, 0.1) is 0 Å². The first-order chi connectivity index (χ1) is 6.93. The van der Waals surface area contributed by atoms with Gasteiger partial charge in [0.25, 0.3) is 10.1 Å². The molecule has 98 valence electrons. The highest BCUT2D eigenvalue weighted by molar-refractivity contribution is 7.97. The molecule has 7 nitrogen and oxygen atoms in total. The van der Waals surface area contributed by atoms with Crippen LogP contribution < -0.4 is 0 Å². The maximum atomic E-state index is 11.5. The molecule has 0 aliphatic carbocycles. The number of rotatable bonds is 6. The summed E-state index contributed by atoms with van der Waals surface area (Å²) in [7, 11) is -11.1. The molecular formula is C6H15O7PS2. The van der Waals surface area contributed by atoms with Crippen LogP contribution in [0.5, 0.6) is 0 Å². The molecule has 0 aromatic heterocycles. The minimum absolute atomic E-state index is 0.487. The average Bonchev–Trinajstić information content (AvgIpc) is 1.94. The standard InChI is InChI=1S/C6H15O7PS2/c1-5(2)12-14(7)6(15(3,8)9)13-16(4,10)11/h5-6,14H,1-4H3. The fourth-order valence-corrected chi connectivity index (χ4v) is 5.03. The van der Waals surface area contributed by atoms with E-state index in [1.165, 1.54) is 0 Å². The summed E-state index contributed by atoms with van der Waals surface area (Å²) >= 11 is 0. The number of hydrogen-bond acceptors (Lipinski definition) is 7. The van der Waals surface area contributed by atoms with Gasteiger partial charge >= 0.3 is 0 Å². The monoisotopic (exact) mass is 294 g/mol. The fraction of sp³-hybridized carbons (Fsp3) is 1.00. The Morgan fingerprint density at radius 2 is 1.50 bits per heavy atom. The van der Waals surface area contributed by atoms with Crippen molar-refractivity contribution in [2.75, 3.05) is 12.5 Å². The van der Waals surface area contributed by atoms with E-state index in [4.69, 9.17) is 4.52 Å². The van der Waals surface area contributed by atoms with Gasteiger partial charge in [-0.05, 0) is 13.8 Å². The van der Waals surface area contributed by atoms with Gasteiger partial charge in [-0.15, -0.1) is 0 Å². The van der Waals surface area contributed by atoms with Gasteiger partial charge in [0.05, 0.1) is 12.4 Å². The van der Waals surface area contributed by atoms with Gasteiger partial charge in [-0.1, -0.05) is 0 Å². The van der Waals surface area contributed by atoms with Gasteiger partial charge in [-0.25, -0.2) is 12.6 Å². The Morgan fingerprint density at radius 1 is 1.06 bits per heavy atom. The zero-order chi connectivity index (χ0) is 13.1. The molecule has 0 fully saturated rings. The molecule has 0 saturated carbocycles. The predicted octanol–water partition coefficient (Wildman–Crippen LogP) is 0.191. The molecule has 0 heterocycles. The molecule has 0 spiro atoms. The van der Waals surface area contributed by atoms with E-state index < -0.39 is 39.3 Å². The van der Waals surface area contributed by atoms with Crippen LogP contribution in [-0.4, -0.2) is 40.6 Å². The van der Waals surface area contributed by atoms with E-state index in [-0.39, 0.29) is 0 Å². The summed E-state index contributed by atoms with van der Waals surface area (Å²) in [4.78, 5) is 0. The predicted molar refractivity (Wildman–Crippen MR) is 59.8 cm³/mol. The average molecular weight is 294 g/mol. The normalized spacial score (nSPS) is 17.3. The van der Waals surface area contributed by atoms with Gasteiger partial charge in [0.15, 0.2) is 9.84 Å². The van der Waals surface area contributed by atoms with Crippen molar-refractivity contribution in [2.45, 2.75) is 25.1 Å². The van der Waals surface area contributed by atoms with Crippen molar-refractivity contribution in [3.05, 3.63) is 0 Å². The van der Waals surface area contributed by atoms with Gasteiger partial charge in [-0.3, -0.25) is 4.57 Å². The summed E-state index contributed by atoms with van der Waals surface area (Å²) in [5, 5.41) is -1.96. The second-order valence-corrected chi connectivity index (χ2v) is 8.95. The van der Waals surface area contributed by atoms with Gasteiger partial charge < -0.3 is 4.52 Å². The summed E-state index contributed by atoms with van der Waals surface area (Å²) in [6, 6.07) is 0. The molecule has 10 heteroatoms. The molecule has 0 saturated heterocycles. The van der Waals surface area contributed by atoms with Crippen molar-refractivity contribution in [3.63, 3.8) is 0 Å². The van der Waals surface area contributed by atoms with Crippen molar-refractivity contribution >= 4 is 28.0 Å². The Morgan fingerprint density at radius 3 is 1.75 bits per heavy atom. The zero-order valence-corrected chi connectivity index (χ0v) is 12.0. The summed E-state index contributed by atoms with van der Waals surface area (Å²) in [6.45, 7) is 3.09. The van der Waals surface area contributed by atoms with Crippen molar-refractivity contribution < 1.29 is 30.1 Å². The number of hydrogen-bond donors (Lipinski definition) is 0. The third-order valence-electron chi connectivity index (χ3n) is 1.20. The summed E-state index contributed by atoms with van der Waals surface area (Å²) in [6.07, 6.45) is 0.920. The first-order valence-electron chi connectivity index (χ1n) is 4.21. The number of sulfone groups is 1. The first-order valence-corrected chi connectivity index (χ1v) is 9.37. The van der Waals surface area contributed by atoms with Crippen LogP contribution in [0.4, 0.5) is 0 Å². The lowest BCUT2D eigenvalue weighted by Crippen LogP contribution is -2.24. The van der Waals surface area contributed by atoms with Crippen LogP contribution in [0.15, 0.2) is 0 Å². The zero-order valence-electron chi connectivity index (χ0n) is 9.33. The van der Waals surface area contributed by atoms with E-state index in [1.807, 2.05) is 0 Å². The van der Waals surface area contributed by atoms with Crippen molar-refractivity contribution in [2.24, 2.45) is 0 Å². The van der Waals surface area contributed by atoms with E-state index in [9.17, 15) is 21.4 Å². The summed E-state index contributed by atoms with van der Waals surface area (Å²) in [5.41, 5.74) is 0. The lowest BCUT2D eigenvalue weighted by atomic mass is 10.5. The molecule has 2 unspecified atom stereocenters. The Labute approximate surface area is 96.0 Å². The Bertz CT molecular complexity index is 449. The molecule has 0 N–H and O–H groups in total. The van der Waals surface area contributed by atoms with E-state index in [0.29, 0.717) is 6.26 Å². The van der Waals surface area contributed by atoms with Gasteiger partial charge in [0.2, 0.25) is 13.2 Å². The van der Waals surface area contributed by atoms with E-state index >= 15 is 0 Å². The summed E-state index contributed by atoms with van der Waals surface area (Å²) < 4.78 is 64.5. The molecule has 16 heavy (non-hydrogen) atoms. The highest BCUT2D eigenvalue weighted by Gasteiger charge is 2.33. The molecule has 0 amide bonds. The third-order valence-corrected chi connectivity index (χ3v) is 5.97. The van der Waals surface area contributed by atoms with Crippen LogP contribution in [0.2, 0.25) is 0 Å². The van der Waals surface area contributed by atoms with Crippen LogP contribution in [-0.2, 0) is 33.2 Å². The van der Waals surface area contributed by atoms with Crippen LogP contribution >= 0.6 is 8.03 Å². The van der Waals surface area contributed by atoms with Crippen LogP contribution in [0.1, 0.15) is 13.8 Å². The van der Waals surface area contributed by atoms with Crippen LogP contribution in [0.25, 0.3) is 0 Å². The second-order valence-electron chi connectivity index (χ2n) is 3.45. The Kier molecular flexibility index (Phi) is 5.61. The molecule has 0 aliphatic rings. The first kappa shape index (κ1) is 16.1. The SMILES string of the molecule is CC(C)O[PH](=O)C(OS(C)(=O)=O)S(C)(=O)=O. The molecule has 2 atom stereocenters. The topological polar surface area (TPSA) is 104 Å². The molecule has 0 radical (unpaired) electrons. The van der Waals surface area contributed by atoms with Crippen LogP contribution in [0.3, 0.4) is 0 Å². The lowest BCUT2D eigenvalue weighted by Gasteiger charge is -2.15. The van der Waals surface area contributed by atoms with Gasteiger partial charge in [0, 0.05) is 6.26 Å². The van der Waals surface area contributed by atoms with E-state index in [2.05, 4.69) is 4.18 Å². The lowest BCUT2D eigenvalue weighted by molar-refractivity contribution is 0.233. The van der Waals surface area contributed by atoms with Gasteiger partial charge in [-0.2, -0.15) is 8.42 Å². The van der Waals surface area contributed by atoms with Gasteiger partial charge in [0.1, 0.15) is 0 Å². The fourth-order valence-electron chi connectivity index (χ4n) is 0.732. The maximum Gasteiger partial charge on any atom is 0.266 e. The largest absolute Gasteiger partial charge is 0.325 e. The molecule has 0 aromatic rings. The minimum atomic E-state index is -4.02. The molecule has 0 aliphatic heterocycles. The van der Waals surface area contributed by atoms with Crippen molar-refractivity contribution in [3.8, 4) is 0 Å². The van der Waals surface area contributed by atoms with Crippen molar-refractivity contribution in [1.82, 2.24) is 0 Å². The van der Waals surface area contributed by atoms with E-state index in [1.54, 1.807) is 13.8 Å². The maximum absolute atomic E-state index is 11.5. The quantitative estimate of drug-likeness (QED) is 0.508. The Hall–Kier alpha value is 0.0500.